The first-order valence-corrected chi connectivity index (χ1v) is 16.4. The van der Waals surface area contributed by atoms with Crippen molar-refractivity contribution in [3.63, 3.8) is 0 Å². The molecule has 0 aliphatic carbocycles. The van der Waals surface area contributed by atoms with E-state index in [9.17, 15) is 40.2 Å². The lowest BCUT2D eigenvalue weighted by atomic mass is 9.87. The second-order valence-corrected chi connectivity index (χ2v) is 14.3. The van der Waals surface area contributed by atoms with Gasteiger partial charge in [0.25, 0.3) is 0 Å². The monoisotopic (exact) mass is 650 g/mol. The Labute approximate surface area is 247 Å². The van der Waals surface area contributed by atoms with Crippen LogP contribution in [0.5, 0.6) is 5.75 Å². The minimum absolute atomic E-state index is 0.0631. The van der Waals surface area contributed by atoms with Crippen molar-refractivity contribution in [1.29, 1.82) is 0 Å². The molecule has 4 rings (SSSR count). The molecular formula is C26H33F3N4O8S2. The van der Waals surface area contributed by atoms with E-state index in [0.29, 0.717) is 11.1 Å². The molecule has 2 aliphatic rings. The number of aliphatic hydroxyl groups is 3. The van der Waals surface area contributed by atoms with Crippen LogP contribution in [0.2, 0.25) is 0 Å². The van der Waals surface area contributed by atoms with Crippen LogP contribution in [-0.4, -0.2) is 98.5 Å². The molecule has 0 bridgehead atoms. The standard InChI is InChI=1S/C26H33F3N4O8S2/c1-17-13-22(43(39,40)30-15-20(35)16-34)6-5-18(17)7-12-42(37,38)33-10-8-25(9-11-33)24(36)31-23(32-25)19-3-2-4-21(14-19)41-26(27,28)29/h2-6,13-14,20,24,30,34-36H,7-12,15-16H2,1H3,(H,31,32)/t20-,24?/m1/s1. The largest absolute Gasteiger partial charge is 0.573 e. The summed E-state index contributed by atoms with van der Waals surface area (Å²) in [4.78, 5) is 4.12. The van der Waals surface area contributed by atoms with Crippen LogP contribution in [0.25, 0.3) is 0 Å². The molecule has 43 heavy (non-hydrogen) atoms. The Bertz CT molecular complexity index is 1560. The molecule has 12 nitrogen and oxygen atoms in total. The number of amidine groups is 1. The molecule has 2 aromatic carbocycles. The molecule has 2 atom stereocenters. The highest BCUT2D eigenvalue weighted by molar-refractivity contribution is 7.89. The Kier molecular flexibility index (Phi) is 9.75. The summed E-state index contributed by atoms with van der Waals surface area (Å²) >= 11 is 0. The Hall–Kier alpha value is -2.80. The summed E-state index contributed by atoms with van der Waals surface area (Å²) in [7, 11) is -7.68. The molecule has 5 N–H and O–H groups in total. The highest BCUT2D eigenvalue weighted by atomic mass is 32.2. The minimum atomic E-state index is -4.87. The first kappa shape index (κ1) is 33.1. The van der Waals surface area contributed by atoms with Gasteiger partial charge in [0.05, 0.1) is 28.9 Å². The third-order valence-electron chi connectivity index (χ3n) is 7.44. The van der Waals surface area contributed by atoms with Crippen molar-refractivity contribution in [2.24, 2.45) is 4.99 Å². The Morgan fingerprint density at radius 2 is 1.86 bits per heavy atom. The minimum Gasteiger partial charge on any atom is -0.406 e. The zero-order chi connectivity index (χ0) is 31.6. The van der Waals surface area contributed by atoms with Crippen LogP contribution in [-0.2, 0) is 26.5 Å². The van der Waals surface area contributed by atoms with Gasteiger partial charge < -0.3 is 25.4 Å². The number of hydrogen-bond acceptors (Lipinski definition) is 10. The highest BCUT2D eigenvalue weighted by Gasteiger charge is 2.47. The molecule has 17 heteroatoms. The number of benzene rings is 2. The SMILES string of the molecule is Cc1cc(S(=O)(=O)NC[C@@H](O)CO)ccc1CCS(=O)(=O)N1CCC2(CC1)NC(c1cccc(OC(F)(F)F)c1)=NC2O. The molecule has 1 fully saturated rings. The summed E-state index contributed by atoms with van der Waals surface area (Å²) in [6, 6.07) is 9.43. The Morgan fingerprint density at radius 3 is 2.49 bits per heavy atom. The third-order valence-corrected chi connectivity index (χ3v) is 10.7. The second-order valence-electron chi connectivity index (χ2n) is 10.4. The number of sulfonamides is 2. The number of ether oxygens (including phenoxy) is 1. The summed E-state index contributed by atoms with van der Waals surface area (Å²) < 4.78 is 96.5. The lowest BCUT2D eigenvalue weighted by molar-refractivity contribution is -0.274. The average molecular weight is 651 g/mol. The quantitative estimate of drug-likeness (QED) is 0.233. The third kappa shape index (κ3) is 8.03. The number of halogens is 3. The van der Waals surface area contributed by atoms with Gasteiger partial charge in [-0.25, -0.2) is 30.9 Å². The zero-order valence-electron chi connectivity index (χ0n) is 23.1. The van der Waals surface area contributed by atoms with Gasteiger partial charge in [-0.05, 0) is 61.6 Å². The number of aryl methyl sites for hydroxylation is 2. The molecule has 2 aromatic rings. The highest BCUT2D eigenvalue weighted by Crippen LogP contribution is 2.33. The van der Waals surface area contributed by atoms with Gasteiger partial charge >= 0.3 is 6.36 Å². The van der Waals surface area contributed by atoms with Crippen LogP contribution < -0.4 is 14.8 Å². The molecule has 0 aromatic heterocycles. The van der Waals surface area contributed by atoms with Crippen molar-refractivity contribution in [2.45, 2.75) is 55.3 Å². The van der Waals surface area contributed by atoms with Crippen molar-refractivity contribution in [3.05, 3.63) is 59.2 Å². The normalized spacial score (nSPS) is 20.1. The molecule has 0 saturated carbocycles. The lowest BCUT2D eigenvalue weighted by Crippen LogP contribution is -2.58. The second kappa shape index (κ2) is 12.7. The maximum absolute atomic E-state index is 13.2. The number of nitrogens with zero attached hydrogens (tertiary/aromatic N) is 2. The number of hydrogen-bond donors (Lipinski definition) is 5. The van der Waals surface area contributed by atoms with E-state index in [0.717, 1.165) is 12.1 Å². The number of aliphatic hydroxyl groups excluding tert-OH is 3. The van der Waals surface area contributed by atoms with Crippen LogP contribution in [0.1, 0.15) is 29.5 Å². The summed E-state index contributed by atoms with van der Waals surface area (Å²) in [6.07, 6.45) is -6.83. The fraction of sp³-hybridized carbons (Fsp3) is 0.500. The molecule has 238 valence electrons. The van der Waals surface area contributed by atoms with E-state index >= 15 is 0 Å². The van der Waals surface area contributed by atoms with Gasteiger partial charge in [-0.1, -0.05) is 18.2 Å². The van der Waals surface area contributed by atoms with Crippen molar-refractivity contribution < 1.29 is 50.1 Å². The van der Waals surface area contributed by atoms with Crippen LogP contribution in [0, 0.1) is 6.92 Å². The molecule has 1 spiro atoms. The summed E-state index contributed by atoms with van der Waals surface area (Å²) in [6.45, 7) is 0.850. The van der Waals surface area contributed by atoms with Gasteiger partial charge in [0.15, 0.2) is 6.23 Å². The molecule has 0 radical (unpaired) electrons. The zero-order valence-corrected chi connectivity index (χ0v) is 24.7. The number of nitrogens with one attached hydrogen (secondary N) is 2. The molecule has 1 unspecified atom stereocenters. The van der Waals surface area contributed by atoms with Crippen molar-refractivity contribution in [1.82, 2.24) is 14.3 Å². The fourth-order valence-electron chi connectivity index (χ4n) is 4.95. The summed E-state index contributed by atoms with van der Waals surface area (Å²) in [5, 5.41) is 32.1. The van der Waals surface area contributed by atoms with Crippen LogP contribution >= 0.6 is 0 Å². The fourth-order valence-corrected chi connectivity index (χ4v) is 7.58. The number of alkyl halides is 3. The first-order chi connectivity index (χ1) is 20.0. The van der Waals surface area contributed by atoms with E-state index in [1.165, 1.54) is 34.6 Å². The van der Waals surface area contributed by atoms with E-state index in [2.05, 4.69) is 19.8 Å². The van der Waals surface area contributed by atoms with Crippen LogP contribution in [0.4, 0.5) is 13.2 Å². The molecular weight excluding hydrogens is 617 g/mol. The molecule has 2 aliphatic heterocycles. The van der Waals surface area contributed by atoms with E-state index in [1.54, 1.807) is 6.92 Å². The van der Waals surface area contributed by atoms with Crippen molar-refractivity contribution in [3.8, 4) is 5.75 Å². The summed E-state index contributed by atoms with van der Waals surface area (Å²) in [5.41, 5.74) is 0.488. The predicted octanol–water partition coefficient (Wildman–Crippen LogP) is 0.600. The summed E-state index contributed by atoms with van der Waals surface area (Å²) in [5.74, 6) is -0.499. The van der Waals surface area contributed by atoms with Gasteiger partial charge in [-0.3, -0.25) is 0 Å². The van der Waals surface area contributed by atoms with Gasteiger partial charge in [-0.15, -0.1) is 13.2 Å². The average Bonchev–Trinajstić information content (AvgIpc) is 3.25. The predicted molar refractivity (Wildman–Crippen MR) is 149 cm³/mol. The Morgan fingerprint density at radius 1 is 1.16 bits per heavy atom. The smallest absolute Gasteiger partial charge is 0.406 e. The first-order valence-electron chi connectivity index (χ1n) is 13.3. The molecule has 0 amide bonds. The van der Waals surface area contributed by atoms with Gasteiger partial charge in [-0.2, -0.15) is 0 Å². The van der Waals surface area contributed by atoms with E-state index in [1.807, 2.05) is 0 Å². The Balaban J connectivity index is 1.35. The van der Waals surface area contributed by atoms with Gasteiger partial charge in [0.1, 0.15) is 11.6 Å². The van der Waals surface area contributed by atoms with E-state index in [4.69, 9.17) is 5.11 Å². The number of aliphatic imine (C=N–C) groups is 1. The van der Waals surface area contributed by atoms with E-state index < -0.39 is 56.6 Å². The molecule has 2 heterocycles. The maximum Gasteiger partial charge on any atom is 0.573 e. The van der Waals surface area contributed by atoms with Crippen LogP contribution in [0.15, 0.2) is 52.4 Å². The van der Waals surface area contributed by atoms with Gasteiger partial charge in [0.2, 0.25) is 20.0 Å². The topological polar surface area (TPSA) is 178 Å². The lowest BCUT2D eigenvalue weighted by Gasteiger charge is -2.40. The number of rotatable bonds is 11. The van der Waals surface area contributed by atoms with Crippen molar-refractivity contribution >= 4 is 25.9 Å². The number of piperidine rings is 1. The van der Waals surface area contributed by atoms with Crippen LogP contribution in [0.3, 0.4) is 0 Å². The van der Waals surface area contributed by atoms with Gasteiger partial charge in [0, 0.05) is 25.2 Å². The van der Waals surface area contributed by atoms with E-state index in [-0.39, 0.29) is 60.9 Å². The van der Waals surface area contributed by atoms with Crippen molar-refractivity contribution in [2.75, 3.05) is 32.0 Å². The maximum atomic E-state index is 13.2. The molecule has 1 saturated heterocycles.